The molecule has 0 saturated heterocycles. The van der Waals surface area contributed by atoms with Crippen molar-refractivity contribution < 1.29 is 32.2 Å². The SMILES string of the molecule is CCOC(=O)NS(=O)(=O)Nc1c(F)cccc1C(=O)O. The molecule has 1 aromatic rings. The van der Waals surface area contributed by atoms with E-state index in [1.54, 1.807) is 4.72 Å². The summed E-state index contributed by atoms with van der Waals surface area (Å²) < 4.78 is 44.0. The third kappa shape index (κ3) is 4.09. The van der Waals surface area contributed by atoms with Crippen molar-refractivity contribution in [2.45, 2.75) is 6.92 Å². The maximum absolute atomic E-state index is 13.5. The second-order valence-electron chi connectivity index (χ2n) is 3.40. The Hall–Kier alpha value is -2.36. The Morgan fingerprint density at radius 3 is 2.60 bits per heavy atom. The number of hydrogen-bond donors (Lipinski definition) is 3. The Labute approximate surface area is 113 Å². The first-order valence-electron chi connectivity index (χ1n) is 5.26. The minimum Gasteiger partial charge on any atom is -0.478 e. The molecule has 0 fully saturated rings. The van der Waals surface area contributed by atoms with Crippen molar-refractivity contribution >= 4 is 28.0 Å². The Kier molecular flexibility index (Phi) is 4.86. The van der Waals surface area contributed by atoms with Gasteiger partial charge in [0, 0.05) is 0 Å². The van der Waals surface area contributed by atoms with E-state index in [1.165, 1.54) is 11.6 Å². The Morgan fingerprint density at radius 1 is 1.40 bits per heavy atom. The number of amides is 1. The van der Waals surface area contributed by atoms with E-state index in [9.17, 15) is 22.4 Å². The molecule has 10 heteroatoms. The Bertz CT molecular complexity index is 631. The molecule has 0 spiro atoms. The Morgan fingerprint density at radius 2 is 2.05 bits per heavy atom. The van der Waals surface area contributed by atoms with Crippen molar-refractivity contribution in [1.82, 2.24) is 4.72 Å². The van der Waals surface area contributed by atoms with Gasteiger partial charge in [-0.15, -0.1) is 0 Å². The van der Waals surface area contributed by atoms with E-state index in [0.29, 0.717) is 0 Å². The number of para-hydroxylation sites is 1. The van der Waals surface area contributed by atoms with Gasteiger partial charge in [-0.05, 0) is 19.1 Å². The number of anilines is 1. The molecule has 0 radical (unpaired) electrons. The minimum absolute atomic E-state index is 0.0680. The summed E-state index contributed by atoms with van der Waals surface area (Å²) in [4.78, 5) is 21.9. The lowest BCUT2D eigenvalue weighted by molar-refractivity contribution is 0.0697. The van der Waals surface area contributed by atoms with Gasteiger partial charge >= 0.3 is 22.3 Å². The highest BCUT2D eigenvalue weighted by Crippen LogP contribution is 2.20. The molecule has 0 aliphatic heterocycles. The van der Waals surface area contributed by atoms with Crippen LogP contribution in [0.2, 0.25) is 0 Å². The number of benzene rings is 1. The van der Waals surface area contributed by atoms with Crippen molar-refractivity contribution in [2.75, 3.05) is 11.3 Å². The molecule has 0 aliphatic rings. The monoisotopic (exact) mass is 306 g/mol. The third-order valence-corrected chi connectivity index (χ3v) is 2.88. The minimum atomic E-state index is -4.51. The van der Waals surface area contributed by atoms with Crippen LogP contribution in [0.4, 0.5) is 14.9 Å². The summed E-state index contributed by atoms with van der Waals surface area (Å²) in [6.45, 7) is 1.39. The number of carboxylic acids is 1. The number of rotatable bonds is 5. The second kappa shape index (κ2) is 6.19. The molecule has 20 heavy (non-hydrogen) atoms. The predicted molar refractivity (Wildman–Crippen MR) is 66.1 cm³/mol. The summed E-state index contributed by atoms with van der Waals surface area (Å²) in [5.41, 5.74) is -1.38. The second-order valence-corrected chi connectivity index (χ2v) is 4.81. The summed E-state index contributed by atoms with van der Waals surface area (Å²) in [5, 5.41) is 8.84. The average molecular weight is 306 g/mol. The highest BCUT2D eigenvalue weighted by Gasteiger charge is 2.21. The first kappa shape index (κ1) is 15.7. The molecule has 0 aromatic heterocycles. The fourth-order valence-electron chi connectivity index (χ4n) is 1.24. The van der Waals surface area contributed by atoms with Crippen molar-refractivity contribution in [3.63, 3.8) is 0 Å². The molecule has 0 unspecified atom stereocenters. The van der Waals surface area contributed by atoms with E-state index >= 15 is 0 Å². The van der Waals surface area contributed by atoms with Crippen LogP contribution in [0.25, 0.3) is 0 Å². The fourth-order valence-corrected chi connectivity index (χ4v) is 2.04. The molecule has 1 amide bonds. The van der Waals surface area contributed by atoms with Gasteiger partial charge < -0.3 is 9.84 Å². The van der Waals surface area contributed by atoms with Crippen LogP contribution in [0.15, 0.2) is 18.2 Å². The van der Waals surface area contributed by atoms with Crippen molar-refractivity contribution in [1.29, 1.82) is 0 Å². The van der Waals surface area contributed by atoms with E-state index in [1.807, 2.05) is 0 Å². The number of halogens is 1. The molecule has 1 rings (SSSR count). The topological polar surface area (TPSA) is 122 Å². The number of carbonyl (C=O) groups excluding carboxylic acids is 1. The molecule has 1 aromatic carbocycles. The summed E-state index contributed by atoms with van der Waals surface area (Å²) in [5.74, 6) is -2.63. The van der Waals surface area contributed by atoms with Crippen LogP contribution < -0.4 is 9.44 Å². The largest absolute Gasteiger partial charge is 0.478 e. The van der Waals surface area contributed by atoms with E-state index in [0.717, 1.165) is 18.2 Å². The van der Waals surface area contributed by atoms with Crippen molar-refractivity contribution in [2.24, 2.45) is 0 Å². The summed E-state index contributed by atoms with van der Waals surface area (Å²) in [7, 11) is -4.51. The van der Waals surface area contributed by atoms with Crippen LogP contribution in [-0.4, -0.2) is 32.2 Å². The van der Waals surface area contributed by atoms with E-state index in [-0.39, 0.29) is 6.61 Å². The number of ether oxygens (including phenoxy) is 1. The zero-order chi connectivity index (χ0) is 15.3. The number of hydrogen-bond acceptors (Lipinski definition) is 5. The van der Waals surface area contributed by atoms with E-state index in [4.69, 9.17) is 5.11 Å². The third-order valence-electron chi connectivity index (χ3n) is 1.97. The van der Waals surface area contributed by atoms with Crippen LogP contribution in [-0.2, 0) is 14.9 Å². The molecule has 0 saturated carbocycles. The van der Waals surface area contributed by atoms with Gasteiger partial charge in [-0.1, -0.05) is 6.07 Å². The Balaban J connectivity index is 3.04. The van der Waals surface area contributed by atoms with Crippen LogP contribution in [0.3, 0.4) is 0 Å². The number of aromatic carboxylic acids is 1. The van der Waals surface area contributed by atoms with Gasteiger partial charge in [-0.2, -0.15) is 8.42 Å². The summed E-state index contributed by atoms with van der Waals surface area (Å²) in [6, 6.07) is 2.98. The molecular formula is C10H11FN2O6S. The quantitative estimate of drug-likeness (QED) is 0.743. The molecular weight excluding hydrogens is 295 g/mol. The lowest BCUT2D eigenvalue weighted by atomic mass is 10.2. The zero-order valence-electron chi connectivity index (χ0n) is 10.2. The molecule has 3 N–H and O–H groups in total. The summed E-state index contributed by atoms with van der Waals surface area (Å²) >= 11 is 0. The number of carboxylic acid groups (broad SMARTS) is 1. The van der Waals surface area contributed by atoms with E-state index < -0.39 is 39.3 Å². The van der Waals surface area contributed by atoms with Crippen LogP contribution in [0.1, 0.15) is 17.3 Å². The molecule has 0 heterocycles. The number of nitrogens with one attached hydrogen (secondary N) is 2. The zero-order valence-corrected chi connectivity index (χ0v) is 11.0. The van der Waals surface area contributed by atoms with Crippen LogP contribution in [0.5, 0.6) is 0 Å². The van der Waals surface area contributed by atoms with Gasteiger partial charge in [-0.3, -0.25) is 4.72 Å². The van der Waals surface area contributed by atoms with Gasteiger partial charge in [0.2, 0.25) is 0 Å². The fraction of sp³-hybridized carbons (Fsp3) is 0.200. The average Bonchev–Trinajstić information content (AvgIpc) is 2.30. The predicted octanol–water partition coefficient (Wildman–Crippen LogP) is 0.927. The van der Waals surface area contributed by atoms with Gasteiger partial charge in [0.1, 0.15) is 11.5 Å². The number of carbonyl (C=O) groups is 2. The lowest BCUT2D eigenvalue weighted by Gasteiger charge is -2.11. The summed E-state index contributed by atoms with van der Waals surface area (Å²) in [6.07, 6.45) is -1.27. The molecule has 0 bridgehead atoms. The first-order valence-corrected chi connectivity index (χ1v) is 6.74. The van der Waals surface area contributed by atoms with Crippen molar-refractivity contribution in [3.05, 3.63) is 29.6 Å². The van der Waals surface area contributed by atoms with Crippen LogP contribution >= 0.6 is 0 Å². The van der Waals surface area contributed by atoms with Gasteiger partial charge in [-0.25, -0.2) is 18.7 Å². The van der Waals surface area contributed by atoms with Crippen molar-refractivity contribution in [3.8, 4) is 0 Å². The smallest absolute Gasteiger partial charge is 0.422 e. The van der Waals surface area contributed by atoms with Gasteiger partial charge in [0.25, 0.3) is 0 Å². The van der Waals surface area contributed by atoms with Gasteiger partial charge in [0.15, 0.2) is 0 Å². The molecule has 0 aliphatic carbocycles. The maximum Gasteiger partial charge on any atom is 0.422 e. The maximum atomic E-state index is 13.5. The normalized spacial score (nSPS) is 10.7. The van der Waals surface area contributed by atoms with Gasteiger partial charge in [0.05, 0.1) is 12.2 Å². The molecule has 8 nitrogen and oxygen atoms in total. The highest BCUT2D eigenvalue weighted by atomic mass is 32.2. The highest BCUT2D eigenvalue weighted by molar-refractivity contribution is 7.91. The molecule has 110 valence electrons. The van der Waals surface area contributed by atoms with E-state index in [2.05, 4.69) is 4.74 Å². The lowest BCUT2D eigenvalue weighted by Crippen LogP contribution is -2.36. The first-order chi connectivity index (χ1) is 9.26. The standard InChI is InChI=1S/C10H11FN2O6S/c1-2-19-10(16)13-20(17,18)12-8-6(9(14)15)4-3-5-7(8)11/h3-5,12H,2H2,1H3,(H,13,16)(H,14,15). The van der Waals surface area contributed by atoms with Crippen LogP contribution in [0, 0.1) is 5.82 Å². The molecule has 0 atom stereocenters.